The number of thioether (sulfide) groups is 1. The van der Waals surface area contributed by atoms with Crippen molar-refractivity contribution >= 4 is 36.0 Å². The number of carbonyl (C=O) groups excluding carboxylic acids is 2. The smallest absolute Gasteiger partial charge is 0.252 e. The van der Waals surface area contributed by atoms with E-state index < -0.39 is 10.5 Å². The summed E-state index contributed by atoms with van der Waals surface area (Å²) in [6.45, 7) is 13.1. The van der Waals surface area contributed by atoms with Crippen molar-refractivity contribution in [3.05, 3.63) is 47.5 Å². The van der Waals surface area contributed by atoms with Crippen LogP contribution in [0.2, 0.25) is 0 Å². The standard InChI is InChI=1S/C28H38N4O6S/c1-7-35-23-13-11-21(15-25(23)37-9-3)17-29-31-27(33)19(5)39-20(6)28(34)32-30-18-22-12-14-24(36-8-2)26(16-22)38-10-4/h11-20H,7-10H2,1-6H3,(H,31,33)(H,32,34)/b29-17-,30-18-/t19-,20+. The van der Waals surface area contributed by atoms with Crippen LogP contribution in [-0.2, 0) is 9.59 Å². The van der Waals surface area contributed by atoms with E-state index in [-0.39, 0.29) is 11.8 Å². The molecule has 0 aliphatic rings. The molecule has 0 fully saturated rings. The van der Waals surface area contributed by atoms with Gasteiger partial charge in [0.05, 0.1) is 49.4 Å². The summed E-state index contributed by atoms with van der Waals surface area (Å²) in [4.78, 5) is 25.0. The van der Waals surface area contributed by atoms with Crippen LogP contribution in [0.4, 0.5) is 0 Å². The van der Waals surface area contributed by atoms with Gasteiger partial charge in [0.2, 0.25) is 0 Å². The van der Waals surface area contributed by atoms with Gasteiger partial charge in [-0.15, -0.1) is 11.8 Å². The normalized spacial score (nSPS) is 12.7. The van der Waals surface area contributed by atoms with E-state index in [4.69, 9.17) is 18.9 Å². The lowest BCUT2D eigenvalue weighted by Crippen LogP contribution is -2.33. The van der Waals surface area contributed by atoms with Gasteiger partial charge in [-0.2, -0.15) is 10.2 Å². The van der Waals surface area contributed by atoms with Crippen LogP contribution in [0.25, 0.3) is 0 Å². The summed E-state index contributed by atoms with van der Waals surface area (Å²) in [5.74, 6) is 1.87. The van der Waals surface area contributed by atoms with Crippen LogP contribution in [0.15, 0.2) is 46.6 Å². The average molecular weight is 559 g/mol. The van der Waals surface area contributed by atoms with E-state index in [1.165, 1.54) is 24.2 Å². The summed E-state index contributed by atoms with van der Waals surface area (Å²) in [6.07, 6.45) is 3.05. The molecule has 2 N–H and O–H groups in total. The molecule has 39 heavy (non-hydrogen) atoms. The zero-order chi connectivity index (χ0) is 28.6. The molecule has 0 saturated heterocycles. The Kier molecular flexibility index (Phi) is 13.7. The Hall–Kier alpha value is -3.73. The average Bonchev–Trinajstić information content (AvgIpc) is 2.91. The maximum Gasteiger partial charge on any atom is 0.252 e. The SMILES string of the molecule is CCOc1ccc(/C=N\NC(=O)[C@H](C)S[C@H](C)C(=O)N/N=C\c2ccc(OCC)c(OCC)c2)cc1OCC. The summed E-state index contributed by atoms with van der Waals surface area (Å²) in [5.41, 5.74) is 6.52. The third-order valence-electron chi connectivity index (χ3n) is 5.06. The second-order valence-corrected chi connectivity index (χ2v) is 9.72. The highest BCUT2D eigenvalue weighted by Gasteiger charge is 2.21. The molecule has 0 aliphatic carbocycles. The number of ether oxygens (including phenoxy) is 4. The van der Waals surface area contributed by atoms with Crippen LogP contribution in [0.5, 0.6) is 23.0 Å². The predicted molar refractivity (Wildman–Crippen MR) is 156 cm³/mol. The Morgan fingerprint density at radius 3 is 1.41 bits per heavy atom. The third kappa shape index (κ3) is 10.5. The van der Waals surface area contributed by atoms with Gasteiger partial charge in [0, 0.05) is 0 Å². The van der Waals surface area contributed by atoms with Gasteiger partial charge < -0.3 is 18.9 Å². The molecule has 10 nitrogen and oxygen atoms in total. The van der Waals surface area contributed by atoms with E-state index in [0.717, 1.165) is 11.1 Å². The molecule has 0 bridgehead atoms. The predicted octanol–water partition coefficient (Wildman–Crippen LogP) is 4.39. The first kappa shape index (κ1) is 31.5. The van der Waals surface area contributed by atoms with Gasteiger partial charge in [-0.25, -0.2) is 10.9 Å². The Labute approximate surface area is 234 Å². The lowest BCUT2D eigenvalue weighted by Gasteiger charge is -2.14. The Morgan fingerprint density at radius 2 is 1.05 bits per heavy atom. The Bertz CT molecular complexity index is 1050. The second kappa shape index (κ2) is 17.0. The fraction of sp³-hybridized carbons (Fsp3) is 0.429. The van der Waals surface area contributed by atoms with Crippen molar-refractivity contribution in [1.82, 2.24) is 10.9 Å². The van der Waals surface area contributed by atoms with E-state index in [0.29, 0.717) is 49.4 Å². The van der Waals surface area contributed by atoms with Crippen molar-refractivity contribution in [3.8, 4) is 23.0 Å². The van der Waals surface area contributed by atoms with Gasteiger partial charge in [0.15, 0.2) is 23.0 Å². The lowest BCUT2D eigenvalue weighted by molar-refractivity contribution is -0.120. The highest BCUT2D eigenvalue weighted by molar-refractivity contribution is 8.01. The van der Waals surface area contributed by atoms with Gasteiger partial charge in [0.1, 0.15) is 0 Å². The number of nitrogens with zero attached hydrogens (tertiary/aromatic N) is 2. The van der Waals surface area contributed by atoms with Crippen molar-refractivity contribution in [2.45, 2.75) is 52.0 Å². The number of nitrogens with one attached hydrogen (secondary N) is 2. The first-order valence-corrected chi connectivity index (χ1v) is 13.9. The molecule has 0 saturated carbocycles. The first-order valence-electron chi connectivity index (χ1n) is 12.9. The zero-order valence-corrected chi connectivity index (χ0v) is 24.2. The summed E-state index contributed by atoms with van der Waals surface area (Å²) < 4.78 is 22.3. The molecule has 2 aromatic rings. The fourth-order valence-electron chi connectivity index (χ4n) is 3.25. The summed E-state index contributed by atoms with van der Waals surface area (Å²) in [6, 6.07) is 10.8. The molecule has 0 spiro atoms. The molecule has 2 rings (SSSR count). The number of amides is 2. The lowest BCUT2D eigenvalue weighted by atomic mass is 10.2. The minimum Gasteiger partial charge on any atom is -0.490 e. The molecular formula is C28H38N4O6S. The van der Waals surface area contributed by atoms with Crippen LogP contribution < -0.4 is 29.8 Å². The van der Waals surface area contributed by atoms with Crippen LogP contribution in [0.3, 0.4) is 0 Å². The third-order valence-corrected chi connectivity index (χ3v) is 6.30. The number of benzene rings is 2. The van der Waals surface area contributed by atoms with E-state index in [1.807, 2.05) is 39.8 Å². The largest absolute Gasteiger partial charge is 0.490 e. The van der Waals surface area contributed by atoms with Crippen molar-refractivity contribution in [2.75, 3.05) is 26.4 Å². The van der Waals surface area contributed by atoms with Crippen LogP contribution in [0, 0.1) is 0 Å². The Balaban J connectivity index is 1.87. The van der Waals surface area contributed by atoms with Crippen molar-refractivity contribution in [1.29, 1.82) is 0 Å². The maximum atomic E-state index is 12.5. The van der Waals surface area contributed by atoms with Gasteiger partial charge in [-0.3, -0.25) is 9.59 Å². The number of rotatable bonds is 16. The summed E-state index contributed by atoms with van der Waals surface area (Å²) >= 11 is 1.20. The van der Waals surface area contributed by atoms with E-state index in [1.54, 1.807) is 38.1 Å². The second-order valence-electron chi connectivity index (χ2n) is 8.03. The van der Waals surface area contributed by atoms with Crippen LogP contribution >= 0.6 is 11.8 Å². The van der Waals surface area contributed by atoms with Gasteiger partial charge in [-0.05, 0) is 89.1 Å². The zero-order valence-electron chi connectivity index (χ0n) is 23.4. The molecule has 11 heteroatoms. The highest BCUT2D eigenvalue weighted by Crippen LogP contribution is 2.29. The topological polar surface area (TPSA) is 120 Å². The molecule has 2 amide bonds. The Morgan fingerprint density at radius 1 is 0.692 bits per heavy atom. The van der Waals surface area contributed by atoms with Crippen molar-refractivity contribution < 1.29 is 28.5 Å². The molecule has 0 aromatic heterocycles. The molecule has 2 atom stereocenters. The molecule has 0 aliphatic heterocycles. The summed E-state index contributed by atoms with van der Waals surface area (Å²) in [7, 11) is 0. The van der Waals surface area contributed by atoms with Gasteiger partial charge in [-0.1, -0.05) is 0 Å². The van der Waals surface area contributed by atoms with Gasteiger partial charge >= 0.3 is 0 Å². The van der Waals surface area contributed by atoms with E-state index in [9.17, 15) is 9.59 Å². The maximum absolute atomic E-state index is 12.5. The minimum absolute atomic E-state index is 0.326. The molecule has 0 unspecified atom stereocenters. The number of hydrazone groups is 2. The number of hydrogen-bond acceptors (Lipinski definition) is 9. The minimum atomic E-state index is -0.522. The number of hydrogen-bond donors (Lipinski definition) is 2. The quantitative estimate of drug-likeness (QED) is 0.232. The molecule has 0 heterocycles. The molecule has 2 aromatic carbocycles. The fourth-order valence-corrected chi connectivity index (χ4v) is 4.21. The van der Waals surface area contributed by atoms with Crippen LogP contribution in [0.1, 0.15) is 52.7 Å². The highest BCUT2D eigenvalue weighted by atomic mass is 32.2. The molecular weight excluding hydrogens is 520 g/mol. The molecule has 212 valence electrons. The van der Waals surface area contributed by atoms with Gasteiger partial charge in [0.25, 0.3) is 11.8 Å². The first-order chi connectivity index (χ1) is 18.8. The van der Waals surface area contributed by atoms with Crippen molar-refractivity contribution in [3.63, 3.8) is 0 Å². The van der Waals surface area contributed by atoms with Crippen molar-refractivity contribution in [2.24, 2.45) is 10.2 Å². The monoisotopic (exact) mass is 558 g/mol. The van der Waals surface area contributed by atoms with E-state index >= 15 is 0 Å². The van der Waals surface area contributed by atoms with Crippen LogP contribution in [-0.4, -0.2) is 61.2 Å². The number of carbonyl (C=O) groups is 2. The summed E-state index contributed by atoms with van der Waals surface area (Å²) in [5, 5.41) is 7.03. The van der Waals surface area contributed by atoms with E-state index in [2.05, 4.69) is 21.1 Å². The molecule has 0 radical (unpaired) electrons.